The van der Waals surface area contributed by atoms with E-state index in [1.165, 1.54) is 17.0 Å². The fourth-order valence-corrected chi connectivity index (χ4v) is 2.77. The average molecular weight is 433 g/mol. The van der Waals surface area contributed by atoms with Gasteiger partial charge < -0.3 is 5.32 Å². The van der Waals surface area contributed by atoms with Crippen LogP contribution >= 0.6 is 27.5 Å². The van der Waals surface area contributed by atoms with Crippen LogP contribution < -0.4 is 10.9 Å². The smallest absolute Gasteiger partial charge is 0.254 e. The van der Waals surface area contributed by atoms with Crippen LogP contribution in [0.3, 0.4) is 0 Å². The minimum absolute atomic E-state index is 0.109. The second-order valence-corrected chi connectivity index (χ2v) is 7.05. The number of anilines is 1. The van der Waals surface area contributed by atoms with E-state index in [0.717, 1.165) is 15.6 Å². The summed E-state index contributed by atoms with van der Waals surface area (Å²) in [6.07, 6.45) is 1.37. The SMILES string of the molecule is Cc1cc(NC(=O)Cn2cnc(-c3ccc(Cl)cc3)cc2=O)ccc1Br. The van der Waals surface area contributed by atoms with Crippen LogP contribution in [-0.2, 0) is 11.3 Å². The number of carbonyl (C=O) groups is 1. The van der Waals surface area contributed by atoms with Crippen LogP contribution in [0.4, 0.5) is 5.69 Å². The van der Waals surface area contributed by atoms with Crippen molar-refractivity contribution in [3.8, 4) is 11.3 Å². The molecule has 0 aliphatic carbocycles. The Balaban J connectivity index is 1.73. The van der Waals surface area contributed by atoms with Gasteiger partial charge in [-0.3, -0.25) is 14.2 Å². The lowest BCUT2D eigenvalue weighted by Crippen LogP contribution is -2.27. The molecule has 1 heterocycles. The number of carbonyl (C=O) groups excluding carboxylic acids is 1. The molecule has 1 amide bonds. The van der Waals surface area contributed by atoms with Crippen LogP contribution in [0.25, 0.3) is 11.3 Å². The largest absolute Gasteiger partial charge is 0.325 e. The molecule has 0 bridgehead atoms. The first-order valence-corrected chi connectivity index (χ1v) is 8.98. The van der Waals surface area contributed by atoms with Gasteiger partial charge in [0.15, 0.2) is 0 Å². The van der Waals surface area contributed by atoms with Crippen LogP contribution in [0.2, 0.25) is 5.02 Å². The van der Waals surface area contributed by atoms with Crippen molar-refractivity contribution in [1.29, 1.82) is 0 Å². The van der Waals surface area contributed by atoms with Gasteiger partial charge in [-0.1, -0.05) is 39.7 Å². The van der Waals surface area contributed by atoms with Gasteiger partial charge in [0.25, 0.3) is 5.56 Å². The van der Waals surface area contributed by atoms with E-state index in [2.05, 4.69) is 26.2 Å². The van der Waals surface area contributed by atoms with E-state index < -0.39 is 0 Å². The predicted molar refractivity (Wildman–Crippen MR) is 106 cm³/mol. The first kappa shape index (κ1) is 18.4. The molecule has 5 nitrogen and oxygen atoms in total. The second-order valence-electron chi connectivity index (χ2n) is 5.76. The highest BCUT2D eigenvalue weighted by Crippen LogP contribution is 2.20. The summed E-state index contributed by atoms with van der Waals surface area (Å²) in [7, 11) is 0. The van der Waals surface area contributed by atoms with Gasteiger partial charge in [0, 0.05) is 26.8 Å². The number of hydrogen-bond acceptors (Lipinski definition) is 3. The Morgan fingerprint density at radius 3 is 2.58 bits per heavy atom. The summed E-state index contributed by atoms with van der Waals surface area (Å²) in [6.45, 7) is 1.82. The van der Waals surface area contributed by atoms with Gasteiger partial charge in [-0.2, -0.15) is 0 Å². The Morgan fingerprint density at radius 2 is 1.92 bits per heavy atom. The maximum Gasteiger partial charge on any atom is 0.254 e. The van der Waals surface area contributed by atoms with Crippen molar-refractivity contribution in [2.75, 3.05) is 5.32 Å². The highest BCUT2D eigenvalue weighted by Gasteiger charge is 2.08. The molecule has 0 fully saturated rings. The van der Waals surface area contributed by atoms with Crippen LogP contribution in [0.5, 0.6) is 0 Å². The number of nitrogens with one attached hydrogen (secondary N) is 1. The molecule has 1 N–H and O–H groups in total. The average Bonchev–Trinajstić information content (AvgIpc) is 2.60. The van der Waals surface area contributed by atoms with E-state index >= 15 is 0 Å². The number of nitrogens with zero attached hydrogens (tertiary/aromatic N) is 2. The summed E-state index contributed by atoms with van der Waals surface area (Å²) >= 11 is 9.28. The summed E-state index contributed by atoms with van der Waals surface area (Å²) in [5, 5.41) is 3.39. The summed E-state index contributed by atoms with van der Waals surface area (Å²) in [5.41, 5.74) is 2.70. The maximum absolute atomic E-state index is 12.3. The Kier molecular flexibility index (Phi) is 5.54. The number of aromatic nitrogens is 2. The van der Waals surface area contributed by atoms with Gasteiger partial charge in [0.05, 0.1) is 12.0 Å². The van der Waals surface area contributed by atoms with E-state index in [4.69, 9.17) is 11.6 Å². The summed E-state index contributed by atoms with van der Waals surface area (Å²) in [5.74, 6) is -0.296. The molecule has 3 aromatic rings. The van der Waals surface area contributed by atoms with Gasteiger partial charge in [0.2, 0.25) is 5.91 Å². The summed E-state index contributed by atoms with van der Waals surface area (Å²) < 4.78 is 2.23. The van der Waals surface area contributed by atoms with Crippen LogP contribution in [0.1, 0.15) is 5.56 Å². The van der Waals surface area contributed by atoms with Crippen molar-refractivity contribution >= 4 is 39.1 Å². The van der Waals surface area contributed by atoms with Crippen molar-refractivity contribution in [1.82, 2.24) is 9.55 Å². The van der Waals surface area contributed by atoms with E-state index in [-0.39, 0.29) is 18.0 Å². The molecule has 26 heavy (non-hydrogen) atoms. The molecule has 2 aromatic carbocycles. The normalized spacial score (nSPS) is 10.6. The Bertz CT molecular complexity index is 1020. The van der Waals surface area contributed by atoms with Crippen LogP contribution in [0.15, 0.2) is 64.1 Å². The molecule has 0 aliphatic heterocycles. The van der Waals surface area contributed by atoms with Crippen molar-refractivity contribution in [2.45, 2.75) is 13.5 Å². The number of amides is 1. The van der Waals surface area contributed by atoms with E-state index in [9.17, 15) is 9.59 Å². The summed E-state index contributed by atoms with van der Waals surface area (Å²) in [4.78, 5) is 28.7. The molecule has 3 rings (SSSR count). The number of rotatable bonds is 4. The number of aryl methyl sites for hydroxylation is 1. The first-order valence-electron chi connectivity index (χ1n) is 7.81. The second kappa shape index (κ2) is 7.85. The fourth-order valence-electron chi connectivity index (χ4n) is 2.40. The van der Waals surface area contributed by atoms with Crippen molar-refractivity contribution < 1.29 is 4.79 Å². The quantitative estimate of drug-likeness (QED) is 0.669. The van der Waals surface area contributed by atoms with Gasteiger partial charge in [0.1, 0.15) is 6.54 Å². The molecule has 0 saturated heterocycles. The zero-order valence-electron chi connectivity index (χ0n) is 13.9. The zero-order valence-corrected chi connectivity index (χ0v) is 16.2. The van der Waals surface area contributed by atoms with Gasteiger partial charge in [-0.15, -0.1) is 0 Å². The lowest BCUT2D eigenvalue weighted by molar-refractivity contribution is -0.116. The topological polar surface area (TPSA) is 64.0 Å². The molecule has 0 spiro atoms. The highest BCUT2D eigenvalue weighted by atomic mass is 79.9. The molecule has 0 saturated carbocycles. The van der Waals surface area contributed by atoms with Crippen molar-refractivity contribution in [3.05, 3.63) is 80.3 Å². The minimum Gasteiger partial charge on any atom is -0.325 e. The molecule has 0 aliphatic rings. The van der Waals surface area contributed by atoms with Gasteiger partial charge in [-0.25, -0.2) is 4.98 Å². The lowest BCUT2D eigenvalue weighted by Gasteiger charge is -2.09. The first-order chi connectivity index (χ1) is 12.4. The third-order valence-corrected chi connectivity index (χ3v) is 4.92. The fraction of sp³-hybridized carbons (Fsp3) is 0.105. The zero-order chi connectivity index (χ0) is 18.7. The number of benzene rings is 2. The van der Waals surface area contributed by atoms with E-state index in [1.54, 1.807) is 30.3 Å². The molecule has 0 radical (unpaired) electrons. The lowest BCUT2D eigenvalue weighted by atomic mass is 10.1. The maximum atomic E-state index is 12.3. The van der Waals surface area contributed by atoms with Gasteiger partial charge >= 0.3 is 0 Å². The number of halogens is 2. The van der Waals surface area contributed by atoms with Crippen LogP contribution in [0, 0.1) is 6.92 Å². The number of hydrogen-bond donors (Lipinski definition) is 1. The van der Waals surface area contributed by atoms with Crippen molar-refractivity contribution in [2.24, 2.45) is 0 Å². The minimum atomic E-state index is -0.299. The monoisotopic (exact) mass is 431 g/mol. The molecule has 7 heteroatoms. The van der Waals surface area contributed by atoms with E-state index in [0.29, 0.717) is 16.4 Å². The predicted octanol–water partition coefficient (Wildman–Crippen LogP) is 4.27. The third kappa shape index (κ3) is 4.39. The Hall–Kier alpha value is -2.44. The molecule has 1 aromatic heterocycles. The highest BCUT2D eigenvalue weighted by molar-refractivity contribution is 9.10. The third-order valence-electron chi connectivity index (χ3n) is 3.78. The summed E-state index contributed by atoms with van der Waals surface area (Å²) in [6, 6.07) is 14.0. The Labute approximate surface area is 163 Å². The standard InChI is InChI=1S/C19H15BrClN3O2/c1-12-8-15(6-7-16(12)20)23-18(25)10-24-11-22-17(9-19(24)26)13-2-4-14(21)5-3-13/h2-9,11H,10H2,1H3,(H,23,25). The molecule has 0 atom stereocenters. The Morgan fingerprint density at radius 1 is 1.19 bits per heavy atom. The molecular formula is C19H15BrClN3O2. The molecular weight excluding hydrogens is 418 g/mol. The van der Waals surface area contributed by atoms with Gasteiger partial charge in [-0.05, 0) is 42.8 Å². The van der Waals surface area contributed by atoms with Crippen molar-refractivity contribution in [3.63, 3.8) is 0 Å². The van der Waals surface area contributed by atoms with E-state index in [1.807, 2.05) is 19.1 Å². The molecule has 132 valence electrons. The van der Waals surface area contributed by atoms with Crippen LogP contribution in [-0.4, -0.2) is 15.5 Å². The molecule has 0 unspecified atom stereocenters.